The van der Waals surface area contributed by atoms with E-state index in [9.17, 15) is 21.6 Å². The Morgan fingerprint density at radius 3 is 2.52 bits per heavy atom. The van der Waals surface area contributed by atoms with Gasteiger partial charge in [-0.15, -0.1) is 0 Å². The second kappa shape index (κ2) is 6.20. The lowest BCUT2D eigenvalue weighted by molar-refractivity contribution is -0.137. The third-order valence-corrected chi connectivity index (χ3v) is 3.95. The zero-order valence-corrected chi connectivity index (χ0v) is 11.8. The van der Waals surface area contributed by atoms with Gasteiger partial charge in [0.15, 0.2) is 5.84 Å². The summed E-state index contributed by atoms with van der Waals surface area (Å²) in [7, 11) is -3.71. The zero-order chi connectivity index (χ0) is 16.3. The number of oxime groups is 1. The minimum atomic E-state index is -4.78. The quantitative estimate of drug-likeness (QED) is 0.333. The fraction of sp³-hybridized carbons (Fsp3) is 0.364. The Bertz CT molecular complexity index is 642. The van der Waals surface area contributed by atoms with Crippen molar-refractivity contribution in [2.75, 3.05) is 10.5 Å². The standard InChI is InChI=1S/C11H14F3N3O3S/c1-2-5-21(19,20)17-7-3-4-8(10(15)16-18)9(6-7)11(12,13)14/h3-4,6,17-18H,2,5H2,1H3,(H2,15,16). The normalized spacial score (nSPS) is 13.2. The predicted octanol–water partition coefficient (Wildman–Crippen LogP) is 1.95. The van der Waals surface area contributed by atoms with Crippen LogP contribution < -0.4 is 10.5 Å². The number of amidine groups is 1. The molecule has 0 aliphatic heterocycles. The average Bonchev–Trinajstić information content (AvgIpc) is 2.36. The van der Waals surface area contributed by atoms with Crippen LogP contribution in [0.3, 0.4) is 0 Å². The van der Waals surface area contributed by atoms with Gasteiger partial charge in [-0.2, -0.15) is 13.2 Å². The van der Waals surface area contributed by atoms with Gasteiger partial charge in [-0.25, -0.2) is 8.42 Å². The van der Waals surface area contributed by atoms with Crippen molar-refractivity contribution in [2.45, 2.75) is 19.5 Å². The molecule has 0 aliphatic carbocycles. The van der Waals surface area contributed by atoms with Crippen LogP contribution in [-0.2, 0) is 16.2 Å². The van der Waals surface area contributed by atoms with Gasteiger partial charge < -0.3 is 10.9 Å². The van der Waals surface area contributed by atoms with E-state index in [2.05, 4.69) is 5.16 Å². The molecule has 1 aromatic carbocycles. The molecule has 4 N–H and O–H groups in total. The fourth-order valence-electron chi connectivity index (χ4n) is 1.62. The fourth-order valence-corrected chi connectivity index (χ4v) is 2.74. The van der Waals surface area contributed by atoms with Crippen molar-refractivity contribution in [3.63, 3.8) is 0 Å². The van der Waals surface area contributed by atoms with Crippen molar-refractivity contribution in [1.82, 2.24) is 0 Å². The first-order valence-electron chi connectivity index (χ1n) is 5.80. The Kier molecular flexibility index (Phi) is 5.05. The Balaban J connectivity index is 3.30. The van der Waals surface area contributed by atoms with E-state index in [1.807, 2.05) is 4.72 Å². The first-order chi connectivity index (χ1) is 9.60. The molecule has 0 fully saturated rings. The largest absolute Gasteiger partial charge is 0.417 e. The van der Waals surface area contributed by atoms with Gasteiger partial charge in [0.25, 0.3) is 0 Å². The van der Waals surface area contributed by atoms with Gasteiger partial charge in [-0.3, -0.25) is 4.72 Å². The molecule has 118 valence electrons. The van der Waals surface area contributed by atoms with Crippen molar-refractivity contribution in [3.05, 3.63) is 29.3 Å². The molecule has 0 bridgehead atoms. The molecule has 0 amide bonds. The topological polar surface area (TPSA) is 105 Å². The molecule has 0 aliphatic rings. The number of nitrogens with two attached hydrogens (primary N) is 1. The molecule has 1 rings (SSSR count). The number of hydrogen-bond acceptors (Lipinski definition) is 4. The van der Waals surface area contributed by atoms with Crippen LogP contribution in [0.5, 0.6) is 0 Å². The molecule has 0 saturated heterocycles. The Morgan fingerprint density at radius 2 is 2.05 bits per heavy atom. The van der Waals surface area contributed by atoms with Crippen LogP contribution in [0, 0.1) is 0 Å². The lowest BCUT2D eigenvalue weighted by Crippen LogP contribution is -2.21. The van der Waals surface area contributed by atoms with Crippen molar-refractivity contribution in [2.24, 2.45) is 10.9 Å². The molecule has 0 atom stereocenters. The van der Waals surface area contributed by atoms with Gasteiger partial charge >= 0.3 is 6.18 Å². The van der Waals surface area contributed by atoms with Gasteiger partial charge in [-0.05, 0) is 24.6 Å². The zero-order valence-electron chi connectivity index (χ0n) is 11.0. The van der Waals surface area contributed by atoms with Crippen molar-refractivity contribution in [3.8, 4) is 0 Å². The molecule has 0 spiro atoms. The molecular formula is C11H14F3N3O3S. The molecular weight excluding hydrogens is 311 g/mol. The van der Waals surface area contributed by atoms with Gasteiger partial charge in [0.1, 0.15) is 0 Å². The van der Waals surface area contributed by atoms with Gasteiger partial charge in [0.05, 0.1) is 11.3 Å². The molecule has 0 radical (unpaired) electrons. The summed E-state index contributed by atoms with van der Waals surface area (Å²) in [6, 6.07) is 2.64. The van der Waals surface area contributed by atoms with Crippen LogP contribution in [0.25, 0.3) is 0 Å². The molecule has 6 nitrogen and oxygen atoms in total. The maximum absolute atomic E-state index is 12.9. The summed E-state index contributed by atoms with van der Waals surface area (Å²) in [5, 5.41) is 11.0. The molecule has 0 aromatic heterocycles. The van der Waals surface area contributed by atoms with E-state index in [1.54, 1.807) is 6.92 Å². The van der Waals surface area contributed by atoms with Gasteiger partial charge in [-0.1, -0.05) is 12.1 Å². The van der Waals surface area contributed by atoms with E-state index < -0.39 is 33.2 Å². The number of sulfonamides is 1. The number of hydrogen-bond donors (Lipinski definition) is 3. The van der Waals surface area contributed by atoms with Crippen LogP contribution >= 0.6 is 0 Å². The van der Waals surface area contributed by atoms with E-state index in [4.69, 9.17) is 10.9 Å². The number of nitrogens with one attached hydrogen (secondary N) is 1. The summed E-state index contributed by atoms with van der Waals surface area (Å²) in [6.45, 7) is 1.63. The number of nitrogens with zero attached hydrogens (tertiary/aromatic N) is 1. The second-order valence-electron chi connectivity index (χ2n) is 4.16. The number of benzene rings is 1. The maximum atomic E-state index is 12.9. The molecule has 0 heterocycles. The Morgan fingerprint density at radius 1 is 1.43 bits per heavy atom. The van der Waals surface area contributed by atoms with E-state index in [0.717, 1.165) is 12.1 Å². The summed E-state index contributed by atoms with van der Waals surface area (Å²) >= 11 is 0. The number of rotatable bonds is 5. The third-order valence-electron chi connectivity index (χ3n) is 2.45. The molecule has 10 heteroatoms. The summed E-state index contributed by atoms with van der Waals surface area (Å²) in [4.78, 5) is 0. The van der Waals surface area contributed by atoms with Crippen LogP contribution in [-0.4, -0.2) is 25.2 Å². The van der Waals surface area contributed by atoms with E-state index >= 15 is 0 Å². The smallest absolute Gasteiger partial charge is 0.409 e. The highest BCUT2D eigenvalue weighted by atomic mass is 32.2. The summed E-state index contributed by atoms with van der Waals surface area (Å²) in [5.74, 6) is -0.929. The number of anilines is 1. The SMILES string of the molecule is CCCS(=O)(=O)Nc1ccc(C(N)=NO)c(C(F)(F)F)c1. The highest BCUT2D eigenvalue weighted by molar-refractivity contribution is 7.92. The summed E-state index contributed by atoms with van der Waals surface area (Å²) in [5.41, 5.74) is 3.19. The van der Waals surface area contributed by atoms with E-state index in [1.165, 1.54) is 0 Å². The van der Waals surface area contributed by atoms with Crippen LogP contribution in [0.15, 0.2) is 23.4 Å². The van der Waals surface area contributed by atoms with Crippen LogP contribution in [0.1, 0.15) is 24.5 Å². The van der Waals surface area contributed by atoms with Gasteiger partial charge in [0.2, 0.25) is 10.0 Å². The molecule has 0 unspecified atom stereocenters. The number of halogens is 3. The maximum Gasteiger partial charge on any atom is 0.417 e. The predicted molar refractivity (Wildman–Crippen MR) is 71.7 cm³/mol. The molecule has 0 saturated carbocycles. The highest BCUT2D eigenvalue weighted by Gasteiger charge is 2.35. The summed E-state index contributed by atoms with van der Waals surface area (Å²) in [6.07, 6.45) is -4.46. The monoisotopic (exact) mass is 325 g/mol. The van der Waals surface area contributed by atoms with Gasteiger partial charge in [0, 0.05) is 11.3 Å². The average molecular weight is 325 g/mol. The summed E-state index contributed by atoms with van der Waals surface area (Å²) < 4.78 is 64.0. The number of alkyl halides is 3. The molecule has 21 heavy (non-hydrogen) atoms. The lowest BCUT2D eigenvalue weighted by atomic mass is 10.1. The van der Waals surface area contributed by atoms with E-state index in [0.29, 0.717) is 12.5 Å². The van der Waals surface area contributed by atoms with Crippen LogP contribution in [0.2, 0.25) is 0 Å². The minimum absolute atomic E-state index is 0.212. The first-order valence-corrected chi connectivity index (χ1v) is 7.45. The lowest BCUT2D eigenvalue weighted by Gasteiger charge is -2.14. The van der Waals surface area contributed by atoms with Crippen molar-refractivity contribution in [1.29, 1.82) is 0 Å². The molecule has 1 aromatic rings. The van der Waals surface area contributed by atoms with Crippen molar-refractivity contribution < 1.29 is 26.8 Å². The Hall–Kier alpha value is -1.97. The van der Waals surface area contributed by atoms with Crippen molar-refractivity contribution >= 4 is 21.5 Å². The highest BCUT2D eigenvalue weighted by Crippen LogP contribution is 2.34. The Labute approximate surface area is 119 Å². The third kappa shape index (κ3) is 4.52. The first kappa shape index (κ1) is 17.1. The second-order valence-corrected chi connectivity index (χ2v) is 6.01. The van der Waals surface area contributed by atoms with Crippen LogP contribution in [0.4, 0.5) is 18.9 Å². The van der Waals surface area contributed by atoms with E-state index in [-0.39, 0.29) is 11.4 Å². The minimum Gasteiger partial charge on any atom is -0.409 e.